The van der Waals surface area contributed by atoms with Gasteiger partial charge in [-0.25, -0.2) is 4.98 Å². The van der Waals surface area contributed by atoms with E-state index in [1.807, 2.05) is 6.07 Å². The number of aromatic nitrogens is 1. The molecule has 1 saturated heterocycles. The Bertz CT molecular complexity index is 455. The second-order valence-electron chi connectivity index (χ2n) is 5.23. The van der Waals surface area contributed by atoms with Crippen molar-refractivity contribution in [1.29, 1.82) is 0 Å². The highest BCUT2D eigenvalue weighted by Gasteiger charge is 2.42. The zero-order valence-electron chi connectivity index (χ0n) is 10.1. The van der Waals surface area contributed by atoms with Crippen LogP contribution in [0.15, 0.2) is 12.1 Å². The van der Waals surface area contributed by atoms with E-state index < -0.39 is 0 Å². The number of fused-ring (bicyclic) bond motifs is 1. The number of nitrogens with zero attached hydrogens (tertiary/aromatic N) is 2. The minimum atomic E-state index is -0.162. The third-order valence-electron chi connectivity index (χ3n) is 4.20. The summed E-state index contributed by atoms with van der Waals surface area (Å²) < 4.78 is 0. The van der Waals surface area contributed by atoms with Crippen molar-refractivity contribution >= 4 is 17.4 Å². The Kier molecular flexibility index (Phi) is 3.18. The van der Waals surface area contributed by atoms with Gasteiger partial charge >= 0.3 is 0 Å². The number of pyridine rings is 1. The SMILES string of the molecule is OCc1nc(N2CC3CCC(O)C3C2)ccc1Cl. The van der Waals surface area contributed by atoms with Crippen molar-refractivity contribution in [3.63, 3.8) is 0 Å². The lowest BCUT2D eigenvalue weighted by atomic mass is 10.00. The molecule has 18 heavy (non-hydrogen) atoms. The lowest BCUT2D eigenvalue weighted by molar-refractivity contribution is 0.133. The van der Waals surface area contributed by atoms with Gasteiger partial charge < -0.3 is 15.1 Å². The predicted molar refractivity (Wildman–Crippen MR) is 69.6 cm³/mol. The molecule has 0 bridgehead atoms. The molecule has 2 N–H and O–H groups in total. The van der Waals surface area contributed by atoms with Crippen LogP contribution in [0.5, 0.6) is 0 Å². The molecule has 4 nitrogen and oxygen atoms in total. The van der Waals surface area contributed by atoms with Crippen LogP contribution < -0.4 is 4.90 Å². The monoisotopic (exact) mass is 268 g/mol. The number of hydrogen-bond acceptors (Lipinski definition) is 4. The van der Waals surface area contributed by atoms with Crippen LogP contribution >= 0.6 is 11.6 Å². The van der Waals surface area contributed by atoms with E-state index >= 15 is 0 Å². The standard InChI is InChI=1S/C13H17ClN2O2/c14-10-2-4-13(15-11(10)7-17)16-5-8-1-3-12(18)9(8)6-16/h2,4,8-9,12,17-18H,1,3,5-7H2. The van der Waals surface area contributed by atoms with E-state index in [2.05, 4.69) is 9.88 Å². The molecule has 2 heterocycles. The average Bonchev–Trinajstić information content (AvgIpc) is 2.93. The van der Waals surface area contributed by atoms with Crippen molar-refractivity contribution < 1.29 is 10.2 Å². The van der Waals surface area contributed by atoms with Gasteiger partial charge in [0.1, 0.15) is 5.82 Å². The van der Waals surface area contributed by atoms with Gasteiger partial charge in [-0.15, -0.1) is 0 Å². The van der Waals surface area contributed by atoms with Crippen molar-refractivity contribution in [3.8, 4) is 0 Å². The van der Waals surface area contributed by atoms with Gasteiger partial charge in [0.05, 0.1) is 23.4 Å². The number of hydrogen-bond donors (Lipinski definition) is 2. The number of halogens is 1. The summed E-state index contributed by atoms with van der Waals surface area (Å²) in [6.45, 7) is 1.66. The maximum Gasteiger partial charge on any atom is 0.129 e. The lowest BCUT2D eigenvalue weighted by Gasteiger charge is -2.20. The topological polar surface area (TPSA) is 56.6 Å². The van der Waals surface area contributed by atoms with E-state index in [-0.39, 0.29) is 12.7 Å². The maximum absolute atomic E-state index is 9.90. The van der Waals surface area contributed by atoms with Crippen LogP contribution in [0.4, 0.5) is 5.82 Å². The first-order chi connectivity index (χ1) is 8.69. The molecule has 1 aromatic heterocycles. The van der Waals surface area contributed by atoms with Crippen LogP contribution in [-0.4, -0.2) is 34.4 Å². The van der Waals surface area contributed by atoms with E-state index in [4.69, 9.17) is 11.6 Å². The van der Waals surface area contributed by atoms with Gasteiger partial charge in [-0.2, -0.15) is 0 Å². The highest BCUT2D eigenvalue weighted by Crippen LogP contribution is 2.39. The van der Waals surface area contributed by atoms with E-state index in [0.717, 1.165) is 31.7 Å². The minimum absolute atomic E-state index is 0.143. The fourth-order valence-corrected chi connectivity index (χ4v) is 3.35. The molecule has 0 radical (unpaired) electrons. The van der Waals surface area contributed by atoms with Crippen molar-refractivity contribution in [3.05, 3.63) is 22.8 Å². The van der Waals surface area contributed by atoms with E-state index in [0.29, 0.717) is 22.6 Å². The molecule has 1 aliphatic carbocycles. The van der Waals surface area contributed by atoms with Crippen LogP contribution in [0.3, 0.4) is 0 Å². The van der Waals surface area contributed by atoms with Crippen molar-refractivity contribution in [2.75, 3.05) is 18.0 Å². The second kappa shape index (κ2) is 4.68. The second-order valence-corrected chi connectivity index (χ2v) is 5.64. The Labute approximate surface area is 111 Å². The quantitative estimate of drug-likeness (QED) is 0.852. The van der Waals surface area contributed by atoms with Crippen molar-refractivity contribution in [2.24, 2.45) is 11.8 Å². The van der Waals surface area contributed by atoms with Crippen LogP contribution in [0.1, 0.15) is 18.5 Å². The molecule has 2 aliphatic rings. The Morgan fingerprint density at radius 2 is 2.17 bits per heavy atom. The first-order valence-electron chi connectivity index (χ1n) is 6.38. The number of aliphatic hydroxyl groups excluding tert-OH is 2. The maximum atomic E-state index is 9.90. The fraction of sp³-hybridized carbons (Fsp3) is 0.615. The first kappa shape index (κ1) is 12.2. The molecule has 3 unspecified atom stereocenters. The van der Waals surface area contributed by atoms with Gasteiger partial charge in [-0.1, -0.05) is 11.6 Å². The van der Waals surface area contributed by atoms with Crippen LogP contribution in [0.2, 0.25) is 5.02 Å². The number of anilines is 1. The molecule has 1 saturated carbocycles. The molecule has 0 amide bonds. The zero-order chi connectivity index (χ0) is 12.7. The molecule has 98 valence electrons. The molecule has 5 heteroatoms. The minimum Gasteiger partial charge on any atom is -0.393 e. The number of aliphatic hydroxyl groups is 2. The number of rotatable bonds is 2. The smallest absolute Gasteiger partial charge is 0.129 e. The van der Waals surface area contributed by atoms with Crippen LogP contribution in [0, 0.1) is 11.8 Å². The Morgan fingerprint density at radius 3 is 2.89 bits per heavy atom. The average molecular weight is 269 g/mol. The summed E-state index contributed by atoms with van der Waals surface area (Å²) >= 11 is 5.94. The molecule has 0 aromatic carbocycles. The van der Waals surface area contributed by atoms with E-state index in [9.17, 15) is 10.2 Å². The molecular formula is C13H17ClN2O2. The highest BCUT2D eigenvalue weighted by molar-refractivity contribution is 6.31. The molecule has 2 fully saturated rings. The third kappa shape index (κ3) is 1.98. The summed E-state index contributed by atoms with van der Waals surface area (Å²) in [5.41, 5.74) is 0.520. The van der Waals surface area contributed by atoms with Crippen LogP contribution in [0.25, 0.3) is 0 Å². The Hall–Kier alpha value is -0.840. The molecule has 1 aromatic rings. The summed E-state index contributed by atoms with van der Waals surface area (Å²) in [4.78, 5) is 6.58. The van der Waals surface area contributed by atoms with E-state index in [1.165, 1.54) is 0 Å². The summed E-state index contributed by atoms with van der Waals surface area (Å²) in [7, 11) is 0. The van der Waals surface area contributed by atoms with Gasteiger partial charge in [-0.3, -0.25) is 0 Å². The normalized spacial score (nSPS) is 30.8. The summed E-state index contributed by atoms with van der Waals surface area (Å²) in [5, 5.41) is 19.6. The highest BCUT2D eigenvalue weighted by atomic mass is 35.5. The van der Waals surface area contributed by atoms with E-state index in [1.54, 1.807) is 6.07 Å². The first-order valence-corrected chi connectivity index (χ1v) is 6.76. The Morgan fingerprint density at radius 1 is 1.33 bits per heavy atom. The van der Waals surface area contributed by atoms with Gasteiger partial charge in [0.25, 0.3) is 0 Å². The fourth-order valence-electron chi connectivity index (χ4n) is 3.18. The van der Waals surface area contributed by atoms with Gasteiger partial charge in [0.2, 0.25) is 0 Å². The molecule has 1 aliphatic heterocycles. The predicted octanol–water partition coefficient (Wildman–Crippen LogP) is 1.43. The molecule has 3 atom stereocenters. The van der Waals surface area contributed by atoms with Crippen molar-refractivity contribution in [2.45, 2.75) is 25.6 Å². The summed E-state index contributed by atoms with van der Waals surface area (Å²) in [5.74, 6) is 1.81. The zero-order valence-corrected chi connectivity index (χ0v) is 10.8. The van der Waals surface area contributed by atoms with Crippen molar-refractivity contribution in [1.82, 2.24) is 4.98 Å². The van der Waals surface area contributed by atoms with Gasteiger partial charge in [-0.05, 0) is 30.9 Å². The molecule has 0 spiro atoms. The molecular weight excluding hydrogens is 252 g/mol. The molecule has 3 rings (SSSR count). The largest absolute Gasteiger partial charge is 0.393 e. The van der Waals surface area contributed by atoms with Gasteiger partial charge in [0, 0.05) is 19.0 Å². The lowest BCUT2D eigenvalue weighted by Crippen LogP contribution is -2.25. The van der Waals surface area contributed by atoms with Crippen LogP contribution in [-0.2, 0) is 6.61 Å². The third-order valence-corrected chi connectivity index (χ3v) is 4.54. The summed E-state index contributed by atoms with van der Waals surface area (Å²) in [6, 6.07) is 3.66. The summed E-state index contributed by atoms with van der Waals surface area (Å²) in [6.07, 6.45) is 1.87. The Balaban J connectivity index is 1.80. The van der Waals surface area contributed by atoms with Gasteiger partial charge in [0.15, 0.2) is 0 Å².